The summed E-state index contributed by atoms with van der Waals surface area (Å²) in [6.07, 6.45) is 2.08. The smallest absolute Gasteiger partial charge is 0.0548 e. The molecule has 1 N–H and O–H groups in total. The van der Waals surface area contributed by atoms with E-state index in [1.165, 1.54) is 0 Å². The highest BCUT2D eigenvalue weighted by Gasteiger charge is 2.43. The fraction of sp³-hybridized carbons (Fsp3) is 1.00. The minimum Gasteiger partial charge on any atom is -0.396 e. The first-order valence-corrected chi connectivity index (χ1v) is 4.64. The van der Waals surface area contributed by atoms with Gasteiger partial charge in [-0.25, -0.2) is 0 Å². The van der Waals surface area contributed by atoms with Crippen LogP contribution in [0.3, 0.4) is 0 Å². The first kappa shape index (κ1) is 8.48. The van der Waals surface area contributed by atoms with Crippen molar-refractivity contribution in [2.75, 3.05) is 33.0 Å². The van der Waals surface area contributed by atoms with Crippen molar-refractivity contribution >= 4 is 0 Å². The zero-order valence-electron chi connectivity index (χ0n) is 7.29. The standard InChI is InChI=1S/C9H16O3/c10-6-9(2-4-12-7-9)8-1-3-11-5-8/h8,10H,1-7H2. The highest BCUT2D eigenvalue weighted by atomic mass is 16.5. The second kappa shape index (κ2) is 3.32. The van der Waals surface area contributed by atoms with E-state index in [2.05, 4.69) is 0 Å². The molecule has 70 valence electrons. The lowest BCUT2D eigenvalue weighted by Gasteiger charge is -2.30. The van der Waals surface area contributed by atoms with Crippen LogP contribution in [0.5, 0.6) is 0 Å². The van der Waals surface area contributed by atoms with E-state index in [1.807, 2.05) is 0 Å². The molecule has 0 aliphatic carbocycles. The van der Waals surface area contributed by atoms with E-state index in [-0.39, 0.29) is 12.0 Å². The molecule has 2 aliphatic rings. The predicted molar refractivity (Wildman–Crippen MR) is 43.9 cm³/mol. The van der Waals surface area contributed by atoms with Gasteiger partial charge < -0.3 is 14.6 Å². The van der Waals surface area contributed by atoms with Crippen LogP contribution in [0.2, 0.25) is 0 Å². The van der Waals surface area contributed by atoms with Gasteiger partial charge in [-0.3, -0.25) is 0 Å². The van der Waals surface area contributed by atoms with Crippen molar-refractivity contribution in [3.63, 3.8) is 0 Å². The Balaban J connectivity index is 2.04. The molecular weight excluding hydrogens is 156 g/mol. The molecule has 2 heterocycles. The molecular formula is C9H16O3. The molecule has 2 saturated heterocycles. The maximum absolute atomic E-state index is 9.34. The van der Waals surface area contributed by atoms with Crippen molar-refractivity contribution < 1.29 is 14.6 Å². The maximum Gasteiger partial charge on any atom is 0.0548 e. The van der Waals surface area contributed by atoms with Crippen molar-refractivity contribution in [2.24, 2.45) is 11.3 Å². The van der Waals surface area contributed by atoms with Crippen LogP contribution in [-0.4, -0.2) is 38.1 Å². The molecule has 0 bridgehead atoms. The Bertz CT molecular complexity index is 146. The van der Waals surface area contributed by atoms with Gasteiger partial charge in [0, 0.05) is 18.6 Å². The van der Waals surface area contributed by atoms with E-state index in [0.29, 0.717) is 5.92 Å². The normalized spacial score (nSPS) is 42.2. The Kier molecular flexibility index (Phi) is 2.35. The molecule has 2 fully saturated rings. The second-order valence-corrected chi connectivity index (χ2v) is 3.88. The van der Waals surface area contributed by atoms with Gasteiger partial charge in [-0.05, 0) is 18.8 Å². The molecule has 2 atom stereocenters. The third-order valence-electron chi connectivity index (χ3n) is 3.24. The van der Waals surface area contributed by atoms with Gasteiger partial charge in [0.25, 0.3) is 0 Å². The van der Waals surface area contributed by atoms with Crippen molar-refractivity contribution in [1.82, 2.24) is 0 Å². The number of hydrogen-bond donors (Lipinski definition) is 1. The van der Waals surface area contributed by atoms with Gasteiger partial charge in [0.2, 0.25) is 0 Å². The molecule has 0 saturated carbocycles. The van der Waals surface area contributed by atoms with Crippen molar-refractivity contribution in [2.45, 2.75) is 12.8 Å². The van der Waals surface area contributed by atoms with E-state index < -0.39 is 0 Å². The average molecular weight is 172 g/mol. The highest BCUT2D eigenvalue weighted by Crippen LogP contribution is 2.40. The summed E-state index contributed by atoms with van der Waals surface area (Å²) < 4.78 is 10.7. The fourth-order valence-electron chi connectivity index (χ4n) is 2.22. The molecule has 2 rings (SSSR count). The third-order valence-corrected chi connectivity index (χ3v) is 3.24. The summed E-state index contributed by atoms with van der Waals surface area (Å²) in [4.78, 5) is 0. The van der Waals surface area contributed by atoms with E-state index in [9.17, 15) is 5.11 Å². The number of rotatable bonds is 2. The number of ether oxygens (including phenoxy) is 2. The topological polar surface area (TPSA) is 38.7 Å². The second-order valence-electron chi connectivity index (χ2n) is 3.88. The molecule has 3 nitrogen and oxygen atoms in total. The van der Waals surface area contributed by atoms with Gasteiger partial charge in [-0.2, -0.15) is 0 Å². The number of aliphatic hydroxyl groups excluding tert-OH is 1. The Morgan fingerprint density at radius 3 is 2.75 bits per heavy atom. The average Bonchev–Trinajstić information content (AvgIpc) is 2.76. The number of hydrogen-bond acceptors (Lipinski definition) is 3. The molecule has 3 heteroatoms. The molecule has 0 radical (unpaired) electrons. The first-order valence-electron chi connectivity index (χ1n) is 4.64. The maximum atomic E-state index is 9.34. The SMILES string of the molecule is OCC1(C2CCOC2)CCOC1. The highest BCUT2D eigenvalue weighted by molar-refractivity contribution is 4.90. The fourth-order valence-corrected chi connectivity index (χ4v) is 2.22. The lowest BCUT2D eigenvalue weighted by Crippen LogP contribution is -2.35. The van der Waals surface area contributed by atoms with Gasteiger partial charge in [-0.15, -0.1) is 0 Å². The summed E-state index contributed by atoms with van der Waals surface area (Å²) >= 11 is 0. The molecule has 2 aliphatic heterocycles. The minimum absolute atomic E-state index is 0.0243. The predicted octanol–water partition coefficient (Wildman–Crippen LogP) is 0.422. The van der Waals surface area contributed by atoms with Gasteiger partial charge in [0.15, 0.2) is 0 Å². The molecule has 12 heavy (non-hydrogen) atoms. The summed E-state index contributed by atoms with van der Waals surface area (Å²) in [5.41, 5.74) is 0.0243. The van der Waals surface area contributed by atoms with E-state index >= 15 is 0 Å². The molecule has 0 aromatic carbocycles. The summed E-state index contributed by atoms with van der Waals surface area (Å²) in [5, 5.41) is 9.34. The Hall–Kier alpha value is -0.120. The largest absolute Gasteiger partial charge is 0.396 e. The summed E-state index contributed by atoms with van der Waals surface area (Å²) in [6.45, 7) is 3.44. The van der Waals surface area contributed by atoms with Crippen LogP contribution < -0.4 is 0 Å². The van der Waals surface area contributed by atoms with Crippen LogP contribution in [0.15, 0.2) is 0 Å². The van der Waals surface area contributed by atoms with E-state index in [0.717, 1.165) is 39.3 Å². The molecule has 0 spiro atoms. The lowest BCUT2D eigenvalue weighted by atomic mass is 9.75. The Morgan fingerprint density at radius 1 is 1.33 bits per heavy atom. The zero-order valence-corrected chi connectivity index (χ0v) is 7.29. The minimum atomic E-state index is 0.0243. The van der Waals surface area contributed by atoms with Crippen LogP contribution in [0.4, 0.5) is 0 Å². The Morgan fingerprint density at radius 2 is 2.25 bits per heavy atom. The zero-order chi connectivity index (χ0) is 8.44. The van der Waals surface area contributed by atoms with E-state index in [4.69, 9.17) is 9.47 Å². The number of aliphatic hydroxyl groups is 1. The molecule has 0 amide bonds. The van der Waals surface area contributed by atoms with Crippen LogP contribution >= 0.6 is 0 Å². The summed E-state index contributed by atoms with van der Waals surface area (Å²) in [5.74, 6) is 0.519. The molecule has 2 unspecified atom stereocenters. The van der Waals surface area contributed by atoms with Crippen LogP contribution in [0.1, 0.15) is 12.8 Å². The summed E-state index contributed by atoms with van der Waals surface area (Å²) in [7, 11) is 0. The van der Waals surface area contributed by atoms with Gasteiger partial charge in [0.05, 0.1) is 19.8 Å². The van der Waals surface area contributed by atoms with Gasteiger partial charge >= 0.3 is 0 Å². The first-order chi connectivity index (χ1) is 5.87. The molecule has 0 aromatic rings. The van der Waals surface area contributed by atoms with Gasteiger partial charge in [-0.1, -0.05) is 0 Å². The van der Waals surface area contributed by atoms with Crippen molar-refractivity contribution in [3.8, 4) is 0 Å². The van der Waals surface area contributed by atoms with Crippen LogP contribution in [0, 0.1) is 11.3 Å². The lowest BCUT2D eigenvalue weighted by molar-refractivity contribution is 0.0368. The van der Waals surface area contributed by atoms with Crippen LogP contribution in [0.25, 0.3) is 0 Å². The van der Waals surface area contributed by atoms with Crippen LogP contribution in [-0.2, 0) is 9.47 Å². The van der Waals surface area contributed by atoms with Crippen molar-refractivity contribution in [3.05, 3.63) is 0 Å². The molecule has 0 aromatic heterocycles. The van der Waals surface area contributed by atoms with Crippen molar-refractivity contribution in [1.29, 1.82) is 0 Å². The van der Waals surface area contributed by atoms with Gasteiger partial charge in [0.1, 0.15) is 0 Å². The Labute approximate surface area is 72.7 Å². The third kappa shape index (κ3) is 1.26. The monoisotopic (exact) mass is 172 g/mol. The summed E-state index contributed by atoms with van der Waals surface area (Å²) in [6, 6.07) is 0. The van der Waals surface area contributed by atoms with E-state index in [1.54, 1.807) is 0 Å². The quantitative estimate of drug-likeness (QED) is 0.656.